The van der Waals surface area contributed by atoms with E-state index in [0.717, 1.165) is 17.8 Å². The normalized spacial score (nSPS) is 40.9. The van der Waals surface area contributed by atoms with Crippen molar-refractivity contribution in [1.82, 2.24) is 0 Å². The minimum Gasteiger partial charge on any atom is -0.0882 e. The lowest BCUT2D eigenvalue weighted by Gasteiger charge is -2.35. The fraction of sp³-hybridized carbons (Fsp3) is 0.750. The molecule has 0 aromatic rings. The average Bonchev–Trinajstić information content (AvgIpc) is 3.05. The standard InChI is InChI=1S/C16H24/c1-13-12-16(13,14-8-4-2-5-9-14)15-10-6-3-7-11-15/h4,6,8,10,13-15H,2-3,5,7,9,11-12H2,1H3/t13-,14+,15+/m1/s1. The molecule has 0 bridgehead atoms. The summed E-state index contributed by atoms with van der Waals surface area (Å²) >= 11 is 0. The van der Waals surface area contributed by atoms with Gasteiger partial charge in [0.15, 0.2) is 0 Å². The molecular formula is C16H24. The number of allylic oxidation sites excluding steroid dienone is 4. The third-order valence-electron chi connectivity index (χ3n) is 5.31. The molecule has 16 heavy (non-hydrogen) atoms. The topological polar surface area (TPSA) is 0 Å². The molecule has 0 aromatic heterocycles. The summed E-state index contributed by atoms with van der Waals surface area (Å²) in [5.41, 5.74) is 0.674. The average molecular weight is 216 g/mol. The van der Waals surface area contributed by atoms with Gasteiger partial charge in [0.25, 0.3) is 0 Å². The summed E-state index contributed by atoms with van der Waals surface area (Å²) in [7, 11) is 0. The van der Waals surface area contributed by atoms with Crippen LogP contribution in [0.4, 0.5) is 0 Å². The number of rotatable bonds is 2. The fourth-order valence-corrected chi connectivity index (χ4v) is 4.30. The second-order valence-electron chi connectivity index (χ2n) is 6.15. The maximum Gasteiger partial charge on any atom is -0.0143 e. The van der Waals surface area contributed by atoms with Gasteiger partial charge < -0.3 is 0 Å². The van der Waals surface area contributed by atoms with E-state index in [1.165, 1.54) is 44.9 Å². The molecule has 0 heterocycles. The van der Waals surface area contributed by atoms with E-state index in [1.807, 2.05) is 0 Å². The summed E-state index contributed by atoms with van der Waals surface area (Å²) in [5.74, 6) is 2.75. The Hall–Kier alpha value is -0.520. The van der Waals surface area contributed by atoms with Crippen LogP contribution in [-0.2, 0) is 0 Å². The van der Waals surface area contributed by atoms with Crippen LogP contribution in [-0.4, -0.2) is 0 Å². The van der Waals surface area contributed by atoms with E-state index in [2.05, 4.69) is 31.2 Å². The minimum absolute atomic E-state index is 0.674. The zero-order valence-electron chi connectivity index (χ0n) is 10.5. The van der Waals surface area contributed by atoms with Gasteiger partial charge in [0.05, 0.1) is 0 Å². The Morgan fingerprint density at radius 3 is 1.75 bits per heavy atom. The van der Waals surface area contributed by atoms with Crippen LogP contribution in [0, 0.1) is 23.2 Å². The van der Waals surface area contributed by atoms with Crippen LogP contribution in [0.2, 0.25) is 0 Å². The van der Waals surface area contributed by atoms with Crippen LogP contribution in [0.5, 0.6) is 0 Å². The number of hydrogen-bond donors (Lipinski definition) is 0. The Bertz CT molecular complexity index is 286. The predicted octanol–water partition coefficient (Wildman–Crippen LogP) is 4.73. The molecule has 0 N–H and O–H groups in total. The van der Waals surface area contributed by atoms with E-state index in [0.29, 0.717) is 5.41 Å². The molecule has 0 radical (unpaired) electrons. The van der Waals surface area contributed by atoms with Gasteiger partial charge in [-0.05, 0) is 68.1 Å². The highest BCUT2D eigenvalue weighted by Crippen LogP contribution is 2.66. The quantitative estimate of drug-likeness (QED) is 0.586. The monoisotopic (exact) mass is 216 g/mol. The van der Waals surface area contributed by atoms with Gasteiger partial charge >= 0.3 is 0 Å². The molecule has 0 amide bonds. The molecule has 0 nitrogen and oxygen atoms in total. The molecule has 1 fully saturated rings. The summed E-state index contributed by atoms with van der Waals surface area (Å²) in [6.45, 7) is 2.48. The van der Waals surface area contributed by atoms with Gasteiger partial charge in [-0.3, -0.25) is 0 Å². The zero-order valence-corrected chi connectivity index (χ0v) is 10.5. The Morgan fingerprint density at radius 2 is 1.44 bits per heavy atom. The molecule has 3 rings (SSSR count). The molecule has 1 saturated carbocycles. The van der Waals surface area contributed by atoms with Crippen molar-refractivity contribution in [3.8, 4) is 0 Å². The Labute approximate surface area is 99.8 Å². The molecule has 3 aliphatic carbocycles. The van der Waals surface area contributed by atoms with E-state index < -0.39 is 0 Å². The lowest BCUT2D eigenvalue weighted by Crippen LogP contribution is -2.27. The first-order valence-electron chi connectivity index (χ1n) is 7.17. The first-order chi connectivity index (χ1) is 7.84. The third kappa shape index (κ3) is 1.58. The van der Waals surface area contributed by atoms with E-state index in [1.54, 1.807) is 0 Å². The maximum atomic E-state index is 2.55. The first-order valence-corrected chi connectivity index (χ1v) is 7.17. The molecule has 0 aromatic carbocycles. The first kappa shape index (κ1) is 10.6. The van der Waals surface area contributed by atoms with Crippen molar-refractivity contribution >= 4 is 0 Å². The summed E-state index contributed by atoms with van der Waals surface area (Å²) in [6.07, 6.45) is 19.8. The van der Waals surface area contributed by atoms with Crippen LogP contribution in [0.1, 0.15) is 51.9 Å². The molecule has 3 atom stereocenters. The molecule has 0 saturated heterocycles. The summed E-state index contributed by atoms with van der Waals surface area (Å²) in [5, 5.41) is 0. The Morgan fingerprint density at radius 1 is 0.938 bits per heavy atom. The summed E-state index contributed by atoms with van der Waals surface area (Å²) in [6, 6.07) is 0. The zero-order chi connectivity index (χ0) is 11.0. The van der Waals surface area contributed by atoms with Gasteiger partial charge in [-0.25, -0.2) is 0 Å². The number of hydrogen-bond acceptors (Lipinski definition) is 0. The summed E-state index contributed by atoms with van der Waals surface area (Å²) in [4.78, 5) is 0. The molecule has 0 spiro atoms. The van der Waals surface area contributed by atoms with Crippen LogP contribution in [0.25, 0.3) is 0 Å². The van der Waals surface area contributed by atoms with E-state index in [4.69, 9.17) is 0 Å². The highest BCUT2D eigenvalue weighted by Gasteiger charge is 2.58. The van der Waals surface area contributed by atoms with Crippen LogP contribution >= 0.6 is 0 Å². The second-order valence-corrected chi connectivity index (χ2v) is 6.15. The highest BCUT2D eigenvalue weighted by molar-refractivity contribution is 5.18. The van der Waals surface area contributed by atoms with Crippen molar-refractivity contribution in [3.05, 3.63) is 24.3 Å². The predicted molar refractivity (Wildman–Crippen MR) is 69.2 cm³/mol. The van der Waals surface area contributed by atoms with Gasteiger partial charge in [-0.15, -0.1) is 0 Å². The van der Waals surface area contributed by atoms with Crippen LogP contribution in [0.3, 0.4) is 0 Å². The van der Waals surface area contributed by atoms with Crippen LogP contribution < -0.4 is 0 Å². The van der Waals surface area contributed by atoms with Gasteiger partial charge in [0, 0.05) is 0 Å². The Kier molecular flexibility index (Phi) is 2.69. The SMILES string of the molecule is C[C@@H]1CC1([C@H]1C=CCCC1)[C@H]1C=CCCC1. The minimum atomic E-state index is 0.674. The Balaban J connectivity index is 1.82. The van der Waals surface area contributed by atoms with Gasteiger partial charge in [0.2, 0.25) is 0 Å². The van der Waals surface area contributed by atoms with Crippen molar-refractivity contribution in [2.75, 3.05) is 0 Å². The summed E-state index contributed by atoms with van der Waals surface area (Å²) < 4.78 is 0. The third-order valence-corrected chi connectivity index (χ3v) is 5.31. The van der Waals surface area contributed by atoms with Crippen molar-refractivity contribution in [2.24, 2.45) is 23.2 Å². The van der Waals surface area contributed by atoms with E-state index in [9.17, 15) is 0 Å². The van der Waals surface area contributed by atoms with E-state index >= 15 is 0 Å². The lowest BCUT2D eigenvalue weighted by atomic mass is 9.70. The van der Waals surface area contributed by atoms with Gasteiger partial charge in [-0.1, -0.05) is 31.2 Å². The molecule has 0 aliphatic heterocycles. The highest BCUT2D eigenvalue weighted by atomic mass is 14.6. The molecule has 0 unspecified atom stereocenters. The maximum absolute atomic E-state index is 2.55. The largest absolute Gasteiger partial charge is 0.0882 e. The second kappa shape index (κ2) is 4.05. The molecule has 0 heteroatoms. The molecular weight excluding hydrogens is 192 g/mol. The van der Waals surface area contributed by atoms with E-state index in [-0.39, 0.29) is 0 Å². The lowest BCUT2D eigenvalue weighted by molar-refractivity contribution is 0.217. The molecule has 88 valence electrons. The van der Waals surface area contributed by atoms with Crippen LogP contribution in [0.15, 0.2) is 24.3 Å². The van der Waals surface area contributed by atoms with Crippen molar-refractivity contribution in [2.45, 2.75) is 51.9 Å². The fourth-order valence-electron chi connectivity index (χ4n) is 4.30. The van der Waals surface area contributed by atoms with Crippen molar-refractivity contribution in [1.29, 1.82) is 0 Å². The van der Waals surface area contributed by atoms with Crippen molar-refractivity contribution < 1.29 is 0 Å². The van der Waals surface area contributed by atoms with Gasteiger partial charge in [-0.2, -0.15) is 0 Å². The van der Waals surface area contributed by atoms with Crippen molar-refractivity contribution in [3.63, 3.8) is 0 Å². The molecule has 3 aliphatic rings. The van der Waals surface area contributed by atoms with Gasteiger partial charge in [0.1, 0.15) is 0 Å². The smallest absolute Gasteiger partial charge is 0.0143 e.